The van der Waals surface area contributed by atoms with Crippen molar-refractivity contribution in [1.29, 1.82) is 0 Å². The van der Waals surface area contributed by atoms with Crippen LogP contribution in [0.3, 0.4) is 0 Å². The second kappa shape index (κ2) is 6.92. The van der Waals surface area contributed by atoms with E-state index in [1.54, 1.807) is 36.5 Å². The van der Waals surface area contributed by atoms with Crippen molar-refractivity contribution in [1.82, 2.24) is 14.5 Å². The van der Waals surface area contributed by atoms with Gasteiger partial charge in [-0.25, -0.2) is 9.78 Å². The molecule has 3 rings (SSSR count). The van der Waals surface area contributed by atoms with Crippen LogP contribution in [0.15, 0.2) is 36.9 Å². The van der Waals surface area contributed by atoms with Gasteiger partial charge in [-0.15, -0.1) is 0 Å². The Bertz CT molecular complexity index is 775. The van der Waals surface area contributed by atoms with Crippen molar-refractivity contribution in [2.45, 2.75) is 26.3 Å². The molecule has 0 unspecified atom stereocenters. The fraction of sp³-hybridized carbons (Fsp3) is 0.412. The fourth-order valence-electron chi connectivity index (χ4n) is 3.23. The lowest BCUT2D eigenvalue weighted by molar-refractivity contribution is -0.385. The van der Waals surface area contributed by atoms with Gasteiger partial charge in [-0.1, -0.05) is 6.92 Å². The number of nitro groups is 1. The van der Waals surface area contributed by atoms with Crippen LogP contribution in [0.4, 0.5) is 16.2 Å². The van der Waals surface area contributed by atoms with Crippen molar-refractivity contribution in [2.24, 2.45) is 5.92 Å². The lowest BCUT2D eigenvalue weighted by Gasteiger charge is -2.37. The number of piperidine rings is 1. The van der Waals surface area contributed by atoms with Crippen LogP contribution in [-0.2, 0) is 0 Å². The minimum Gasteiger partial charge on any atom is -0.332 e. The molecule has 2 aromatic rings. The van der Waals surface area contributed by atoms with Crippen molar-refractivity contribution in [3.8, 4) is 0 Å². The summed E-state index contributed by atoms with van der Waals surface area (Å²) in [5, 5.41) is 13.7. The normalized spacial score (nSPS) is 20.3. The molecule has 0 spiro atoms. The average Bonchev–Trinajstić information content (AvgIpc) is 3.09. The Balaban J connectivity index is 1.69. The summed E-state index contributed by atoms with van der Waals surface area (Å²) in [7, 11) is 0. The fourth-order valence-corrected chi connectivity index (χ4v) is 3.23. The Hall–Kier alpha value is -2.90. The van der Waals surface area contributed by atoms with E-state index in [1.165, 1.54) is 6.07 Å². The van der Waals surface area contributed by atoms with Crippen LogP contribution in [0.5, 0.6) is 0 Å². The molecule has 0 aliphatic carbocycles. The van der Waals surface area contributed by atoms with E-state index in [0.29, 0.717) is 30.3 Å². The minimum atomic E-state index is -0.428. The van der Waals surface area contributed by atoms with Crippen molar-refractivity contribution in [2.75, 3.05) is 18.4 Å². The predicted octanol–water partition coefficient (Wildman–Crippen LogP) is 3.21. The Labute approximate surface area is 145 Å². The lowest BCUT2D eigenvalue weighted by atomic mass is 9.93. The maximum absolute atomic E-state index is 12.6. The summed E-state index contributed by atoms with van der Waals surface area (Å²) in [4.78, 5) is 28.9. The SMILES string of the molecule is Cc1cc(NC(=O)N2CC[C@@H](C)[C@H](n3ccnc3)C2)ccc1[N+](=O)[O-]. The molecule has 1 N–H and O–H groups in total. The molecule has 8 nitrogen and oxygen atoms in total. The first-order chi connectivity index (χ1) is 12.0. The number of nitrogens with zero attached hydrogens (tertiary/aromatic N) is 4. The van der Waals surface area contributed by atoms with Crippen LogP contribution in [-0.4, -0.2) is 38.5 Å². The van der Waals surface area contributed by atoms with Gasteiger partial charge in [-0.05, 0) is 31.4 Å². The number of aryl methyl sites for hydroxylation is 1. The van der Waals surface area contributed by atoms with Crippen LogP contribution in [0.1, 0.15) is 24.9 Å². The highest BCUT2D eigenvalue weighted by Gasteiger charge is 2.30. The summed E-state index contributed by atoms with van der Waals surface area (Å²) in [6.45, 7) is 5.13. The number of aromatic nitrogens is 2. The zero-order valence-electron chi connectivity index (χ0n) is 14.3. The maximum atomic E-state index is 12.6. The summed E-state index contributed by atoms with van der Waals surface area (Å²) in [6, 6.07) is 4.60. The molecule has 1 aliphatic heterocycles. The van der Waals surface area contributed by atoms with Gasteiger partial charge in [-0.3, -0.25) is 10.1 Å². The molecule has 1 aliphatic rings. The predicted molar refractivity (Wildman–Crippen MR) is 93.5 cm³/mol. The molecule has 1 aromatic carbocycles. The Morgan fingerprint density at radius 2 is 2.24 bits per heavy atom. The van der Waals surface area contributed by atoms with Crippen LogP contribution < -0.4 is 5.32 Å². The number of hydrogen-bond acceptors (Lipinski definition) is 4. The Kier molecular flexibility index (Phi) is 4.69. The number of carbonyl (C=O) groups is 1. The van der Waals surface area contributed by atoms with Gasteiger partial charge in [0, 0.05) is 42.8 Å². The van der Waals surface area contributed by atoms with Crippen molar-refractivity contribution in [3.05, 3.63) is 52.6 Å². The molecule has 2 heterocycles. The van der Waals surface area contributed by atoms with E-state index in [2.05, 4.69) is 17.2 Å². The number of imidazole rings is 1. The number of likely N-dealkylation sites (tertiary alicyclic amines) is 1. The van der Waals surface area contributed by atoms with Gasteiger partial charge in [0.05, 0.1) is 17.3 Å². The molecule has 25 heavy (non-hydrogen) atoms. The molecule has 2 atom stereocenters. The number of carbonyl (C=O) groups excluding carboxylic acids is 1. The number of rotatable bonds is 3. The molecule has 1 saturated heterocycles. The maximum Gasteiger partial charge on any atom is 0.321 e. The zero-order valence-corrected chi connectivity index (χ0v) is 14.3. The third-order valence-corrected chi connectivity index (χ3v) is 4.76. The lowest BCUT2D eigenvalue weighted by Crippen LogP contribution is -2.45. The Morgan fingerprint density at radius 3 is 2.88 bits per heavy atom. The smallest absolute Gasteiger partial charge is 0.321 e. The molecule has 1 fully saturated rings. The minimum absolute atomic E-state index is 0.0463. The van der Waals surface area contributed by atoms with Gasteiger partial charge in [0.1, 0.15) is 0 Å². The number of nitrogens with one attached hydrogen (secondary N) is 1. The first-order valence-electron chi connectivity index (χ1n) is 8.24. The molecule has 0 saturated carbocycles. The van der Waals surface area contributed by atoms with Gasteiger partial charge >= 0.3 is 6.03 Å². The van der Waals surface area contributed by atoms with E-state index in [4.69, 9.17) is 0 Å². The third-order valence-electron chi connectivity index (χ3n) is 4.76. The second-order valence-corrected chi connectivity index (χ2v) is 6.48. The highest BCUT2D eigenvalue weighted by molar-refractivity contribution is 5.89. The standard InChI is InChI=1S/C17H21N5O3/c1-12-5-7-20(10-16(12)21-8-6-18-11-21)17(23)19-14-3-4-15(22(24)25)13(2)9-14/h3-4,6,8-9,11-12,16H,5,7,10H2,1-2H3,(H,19,23)/t12-,16-/m1/s1. The number of anilines is 1. The number of urea groups is 1. The molecular formula is C17H21N5O3. The van der Waals surface area contributed by atoms with E-state index in [-0.39, 0.29) is 17.8 Å². The van der Waals surface area contributed by atoms with Crippen LogP contribution in [0.2, 0.25) is 0 Å². The van der Waals surface area contributed by atoms with Crippen molar-refractivity contribution < 1.29 is 9.72 Å². The molecule has 8 heteroatoms. The summed E-state index contributed by atoms with van der Waals surface area (Å²) in [6.07, 6.45) is 6.35. The number of hydrogen-bond donors (Lipinski definition) is 1. The van der Waals surface area contributed by atoms with Crippen LogP contribution in [0.25, 0.3) is 0 Å². The second-order valence-electron chi connectivity index (χ2n) is 6.48. The van der Waals surface area contributed by atoms with E-state index < -0.39 is 4.92 Å². The monoisotopic (exact) mass is 343 g/mol. The summed E-state index contributed by atoms with van der Waals surface area (Å²) >= 11 is 0. The van der Waals surface area contributed by atoms with Gasteiger partial charge < -0.3 is 14.8 Å². The van der Waals surface area contributed by atoms with Gasteiger partial charge in [0.2, 0.25) is 0 Å². The number of benzene rings is 1. The summed E-state index contributed by atoms with van der Waals surface area (Å²) in [5.74, 6) is 0.458. The molecule has 132 valence electrons. The first kappa shape index (κ1) is 16.9. The van der Waals surface area contributed by atoms with E-state index in [0.717, 1.165) is 6.42 Å². The number of nitro benzene ring substituents is 1. The highest BCUT2D eigenvalue weighted by atomic mass is 16.6. The molecule has 1 aromatic heterocycles. The molecule has 0 radical (unpaired) electrons. The van der Waals surface area contributed by atoms with Gasteiger partial charge in [0.15, 0.2) is 0 Å². The van der Waals surface area contributed by atoms with Crippen molar-refractivity contribution >= 4 is 17.4 Å². The largest absolute Gasteiger partial charge is 0.332 e. The molecular weight excluding hydrogens is 322 g/mol. The van der Waals surface area contributed by atoms with Crippen LogP contribution >= 0.6 is 0 Å². The molecule has 2 amide bonds. The van der Waals surface area contributed by atoms with E-state index in [1.807, 2.05) is 10.8 Å². The highest BCUT2D eigenvalue weighted by Crippen LogP contribution is 2.28. The first-order valence-corrected chi connectivity index (χ1v) is 8.24. The topological polar surface area (TPSA) is 93.3 Å². The number of amides is 2. The quantitative estimate of drug-likeness (QED) is 0.684. The van der Waals surface area contributed by atoms with E-state index >= 15 is 0 Å². The zero-order chi connectivity index (χ0) is 18.0. The van der Waals surface area contributed by atoms with Gasteiger partial charge in [-0.2, -0.15) is 0 Å². The Morgan fingerprint density at radius 1 is 1.44 bits per heavy atom. The summed E-state index contributed by atoms with van der Waals surface area (Å²) < 4.78 is 2.04. The third kappa shape index (κ3) is 3.62. The van der Waals surface area contributed by atoms with Crippen molar-refractivity contribution in [3.63, 3.8) is 0 Å². The molecule has 0 bridgehead atoms. The average molecular weight is 343 g/mol. The summed E-state index contributed by atoms with van der Waals surface area (Å²) in [5.41, 5.74) is 1.13. The van der Waals surface area contributed by atoms with Gasteiger partial charge in [0.25, 0.3) is 5.69 Å². The van der Waals surface area contributed by atoms with E-state index in [9.17, 15) is 14.9 Å². The van der Waals surface area contributed by atoms with Crippen LogP contribution in [0, 0.1) is 23.0 Å².